The Hall–Kier alpha value is -1.76. The van der Waals surface area contributed by atoms with Crippen molar-refractivity contribution in [3.8, 4) is 5.75 Å². The lowest BCUT2D eigenvalue weighted by atomic mass is 9.87. The average molecular weight is 250 g/mol. The summed E-state index contributed by atoms with van der Waals surface area (Å²) >= 11 is 0. The molecule has 96 valence electrons. The van der Waals surface area contributed by atoms with Crippen LogP contribution in [0, 0.1) is 0 Å². The molecule has 1 saturated carbocycles. The highest BCUT2D eigenvalue weighted by molar-refractivity contribution is 5.49. The maximum absolute atomic E-state index is 5.82. The molecule has 2 aromatic rings. The molecule has 0 atom stereocenters. The number of hydrogen-bond donors (Lipinski definition) is 0. The fourth-order valence-corrected chi connectivity index (χ4v) is 3.26. The van der Waals surface area contributed by atoms with Crippen LogP contribution in [-0.2, 0) is 11.8 Å². The first-order valence-corrected chi connectivity index (χ1v) is 7.20. The van der Waals surface area contributed by atoms with Crippen molar-refractivity contribution >= 4 is 0 Å². The van der Waals surface area contributed by atoms with E-state index in [-0.39, 0.29) is 5.41 Å². The molecule has 0 bridgehead atoms. The first kappa shape index (κ1) is 11.1. The molecule has 2 aromatic carbocycles. The van der Waals surface area contributed by atoms with E-state index in [2.05, 4.69) is 48.5 Å². The van der Waals surface area contributed by atoms with E-state index in [1.165, 1.54) is 29.5 Å². The van der Waals surface area contributed by atoms with Gasteiger partial charge in [-0.3, -0.25) is 0 Å². The van der Waals surface area contributed by atoms with Crippen molar-refractivity contribution in [2.24, 2.45) is 0 Å². The lowest BCUT2D eigenvalue weighted by molar-refractivity contribution is 0.288. The van der Waals surface area contributed by atoms with Gasteiger partial charge < -0.3 is 4.74 Å². The summed E-state index contributed by atoms with van der Waals surface area (Å²) in [6.45, 7) is 0.870. The predicted molar refractivity (Wildman–Crippen MR) is 76.7 cm³/mol. The van der Waals surface area contributed by atoms with Gasteiger partial charge >= 0.3 is 0 Å². The van der Waals surface area contributed by atoms with Crippen LogP contribution in [0.15, 0.2) is 48.5 Å². The lowest BCUT2D eigenvalue weighted by Crippen LogP contribution is -2.12. The molecule has 4 rings (SSSR count). The topological polar surface area (TPSA) is 9.23 Å². The molecule has 1 aliphatic carbocycles. The zero-order valence-electron chi connectivity index (χ0n) is 11.1. The molecular weight excluding hydrogens is 232 g/mol. The molecule has 19 heavy (non-hydrogen) atoms. The van der Waals surface area contributed by atoms with E-state index >= 15 is 0 Å². The molecule has 0 amide bonds. The first-order valence-electron chi connectivity index (χ1n) is 7.20. The van der Waals surface area contributed by atoms with E-state index in [9.17, 15) is 0 Å². The van der Waals surface area contributed by atoms with Crippen LogP contribution in [0.3, 0.4) is 0 Å². The Morgan fingerprint density at radius 3 is 2.53 bits per heavy atom. The number of benzene rings is 2. The Kier molecular flexibility index (Phi) is 2.41. The summed E-state index contributed by atoms with van der Waals surface area (Å²) in [6.07, 6.45) is 4.83. The van der Waals surface area contributed by atoms with Gasteiger partial charge in [0.15, 0.2) is 0 Å². The lowest BCUT2D eigenvalue weighted by Gasteiger charge is -2.22. The van der Waals surface area contributed by atoms with Crippen LogP contribution in [0.1, 0.15) is 36.0 Å². The predicted octanol–water partition coefficient (Wildman–Crippen LogP) is 4.09. The standard InChI is InChI=1S/C18H18O/c1-2-6-15(7-3-1)18(10-11-18)16-9-8-14-5-4-12-19-17(14)13-16/h1-3,6-9,13H,4-5,10-12H2. The molecule has 1 fully saturated rings. The minimum Gasteiger partial charge on any atom is -0.493 e. The molecule has 0 radical (unpaired) electrons. The SMILES string of the molecule is c1ccc(C2(c3ccc4c(c3)OCCC4)CC2)cc1. The van der Waals surface area contributed by atoms with Crippen LogP contribution in [0.25, 0.3) is 0 Å². The third-order valence-corrected chi connectivity index (χ3v) is 4.54. The molecule has 0 N–H and O–H groups in total. The minimum atomic E-state index is 0.261. The maximum atomic E-state index is 5.82. The monoisotopic (exact) mass is 250 g/mol. The normalized spacial score (nSPS) is 19.4. The van der Waals surface area contributed by atoms with E-state index < -0.39 is 0 Å². The van der Waals surface area contributed by atoms with Crippen LogP contribution in [0.4, 0.5) is 0 Å². The summed E-state index contributed by atoms with van der Waals surface area (Å²) in [5, 5.41) is 0. The first-order chi connectivity index (χ1) is 9.38. The zero-order chi connectivity index (χ0) is 12.7. The molecule has 1 nitrogen and oxygen atoms in total. The van der Waals surface area contributed by atoms with Crippen molar-refractivity contribution in [3.05, 3.63) is 65.2 Å². The highest BCUT2D eigenvalue weighted by atomic mass is 16.5. The Bertz CT molecular complexity index is 596. The van der Waals surface area contributed by atoms with Gasteiger partial charge in [0, 0.05) is 5.41 Å². The van der Waals surface area contributed by atoms with Gasteiger partial charge in [-0.25, -0.2) is 0 Å². The average Bonchev–Trinajstić information content (AvgIpc) is 3.29. The van der Waals surface area contributed by atoms with Crippen LogP contribution < -0.4 is 4.74 Å². The molecule has 0 unspecified atom stereocenters. The van der Waals surface area contributed by atoms with Gasteiger partial charge in [0.05, 0.1) is 6.61 Å². The van der Waals surface area contributed by atoms with Gasteiger partial charge in [-0.1, -0.05) is 42.5 Å². The number of fused-ring (bicyclic) bond motifs is 1. The van der Waals surface area contributed by atoms with Crippen molar-refractivity contribution < 1.29 is 4.74 Å². The molecule has 2 aliphatic rings. The van der Waals surface area contributed by atoms with Crippen molar-refractivity contribution in [2.45, 2.75) is 31.1 Å². The summed E-state index contributed by atoms with van der Waals surface area (Å²) in [4.78, 5) is 0. The molecule has 0 saturated heterocycles. The Balaban J connectivity index is 1.77. The highest BCUT2D eigenvalue weighted by Gasteiger charge is 2.45. The van der Waals surface area contributed by atoms with Gasteiger partial charge in [-0.15, -0.1) is 0 Å². The van der Waals surface area contributed by atoms with Crippen molar-refractivity contribution in [3.63, 3.8) is 0 Å². The Morgan fingerprint density at radius 1 is 0.895 bits per heavy atom. The molecule has 0 aromatic heterocycles. The van der Waals surface area contributed by atoms with Crippen LogP contribution in [-0.4, -0.2) is 6.61 Å². The number of ether oxygens (including phenoxy) is 1. The summed E-state index contributed by atoms with van der Waals surface area (Å²) < 4.78 is 5.82. The summed E-state index contributed by atoms with van der Waals surface area (Å²) in [6, 6.07) is 17.8. The molecule has 1 heterocycles. The fourth-order valence-electron chi connectivity index (χ4n) is 3.26. The van der Waals surface area contributed by atoms with Gasteiger partial charge in [0.1, 0.15) is 5.75 Å². The highest BCUT2D eigenvalue weighted by Crippen LogP contribution is 2.54. The van der Waals surface area contributed by atoms with E-state index in [1.807, 2.05) is 0 Å². The maximum Gasteiger partial charge on any atom is 0.122 e. The van der Waals surface area contributed by atoms with Crippen LogP contribution in [0.2, 0.25) is 0 Å². The molecule has 1 heteroatoms. The van der Waals surface area contributed by atoms with Crippen molar-refractivity contribution in [2.75, 3.05) is 6.61 Å². The van der Waals surface area contributed by atoms with E-state index in [0.717, 1.165) is 25.2 Å². The summed E-state index contributed by atoms with van der Waals surface area (Å²) in [5.41, 5.74) is 4.51. The smallest absolute Gasteiger partial charge is 0.122 e. The van der Waals surface area contributed by atoms with Gasteiger partial charge in [0.2, 0.25) is 0 Å². The molecule has 0 spiro atoms. The Labute approximate surface area is 114 Å². The number of hydrogen-bond acceptors (Lipinski definition) is 1. The van der Waals surface area contributed by atoms with Gasteiger partial charge in [0.25, 0.3) is 0 Å². The van der Waals surface area contributed by atoms with Crippen molar-refractivity contribution in [1.29, 1.82) is 0 Å². The van der Waals surface area contributed by atoms with Gasteiger partial charge in [-0.2, -0.15) is 0 Å². The van der Waals surface area contributed by atoms with Gasteiger partial charge in [-0.05, 0) is 48.4 Å². The van der Waals surface area contributed by atoms with E-state index in [4.69, 9.17) is 4.74 Å². The quantitative estimate of drug-likeness (QED) is 0.780. The minimum absolute atomic E-state index is 0.261. The molecular formula is C18H18O. The summed E-state index contributed by atoms with van der Waals surface area (Å²) in [7, 11) is 0. The van der Waals surface area contributed by atoms with E-state index in [0.29, 0.717) is 0 Å². The van der Waals surface area contributed by atoms with Crippen molar-refractivity contribution in [1.82, 2.24) is 0 Å². The third-order valence-electron chi connectivity index (χ3n) is 4.54. The Morgan fingerprint density at radius 2 is 1.74 bits per heavy atom. The number of rotatable bonds is 2. The fraction of sp³-hybridized carbons (Fsp3) is 0.333. The van der Waals surface area contributed by atoms with E-state index in [1.54, 1.807) is 0 Å². The second-order valence-corrected chi connectivity index (χ2v) is 5.72. The largest absolute Gasteiger partial charge is 0.493 e. The summed E-state index contributed by atoms with van der Waals surface area (Å²) in [5.74, 6) is 1.12. The second kappa shape index (κ2) is 4.12. The second-order valence-electron chi connectivity index (χ2n) is 5.72. The van der Waals surface area contributed by atoms with Crippen LogP contribution >= 0.6 is 0 Å². The third kappa shape index (κ3) is 1.76. The zero-order valence-corrected chi connectivity index (χ0v) is 11.1. The van der Waals surface area contributed by atoms with Crippen LogP contribution in [0.5, 0.6) is 5.75 Å². The molecule has 1 aliphatic heterocycles. The number of aryl methyl sites for hydroxylation is 1.